The van der Waals surface area contributed by atoms with Crippen molar-refractivity contribution in [2.24, 2.45) is 0 Å². The molecule has 0 bridgehead atoms. The normalized spacial score (nSPS) is 9.83. The van der Waals surface area contributed by atoms with Crippen molar-refractivity contribution in [3.8, 4) is 0 Å². The number of hydrogen-bond donors (Lipinski definition) is 1. The van der Waals surface area contributed by atoms with Crippen molar-refractivity contribution in [1.82, 2.24) is 0 Å². The highest BCUT2D eigenvalue weighted by molar-refractivity contribution is 9.10. The van der Waals surface area contributed by atoms with E-state index in [2.05, 4.69) is 15.9 Å². The van der Waals surface area contributed by atoms with Crippen LogP contribution in [-0.2, 0) is 0 Å². The molecule has 0 saturated carbocycles. The van der Waals surface area contributed by atoms with Crippen molar-refractivity contribution in [3.05, 3.63) is 32.3 Å². The van der Waals surface area contributed by atoms with E-state index in [9.17, 15) is 10.1 Å². The lowest BCUT2D eigenvalue weighted by Gasteiger charge is -2.01. The topological polar surface area (TPSA) is 69.2 Å². The summed E-state index contributed by atoms with van der Waals surface area (Å²) >= 11 is 3.12. The van der Waals surface area contributed by atoms with E-state index in [1.165, 1.54) is 0 Å². The van der Waals surface area contributed by atoms with E-state index >= 15 is 0 Å². The van der Waals surface area contributed by atoms with E-state index in [1.54, 1.807) is 19.1 Å². The number of nitro groups is 1. The fourth-order valence-corrected chi connectivity index (χ4v) is 1.25. The van der Waals surface area contributed by atoms with Crippen molar-refractivity contribution in [3.63, 3.8) is 0 Å². The number of benzene rings is 1. The van der Waals surface area contributed by atoms with Crippen LogP contribution in [-0.4, -0.2) is 4.92 Å². The van der Waals surface area contributed by atoms with Crippen LogP contribution in [0, 0.1) is 17.0 Å². The summed E-state index contributed by atoms with van der Waals surface area (Å²) < 4.78 is 0.555. The van der Waals surface area contributed by atoms with Gasteiger partial charge >= 0.3 is 0 Å². The zero-order chi connectivity index (χ0) is 9.30. The molecule has 12 heavy (non-hydrogen) atoms. The van der Waals surface area contributed by atoms with Crippen molar-refractivity contribution in [2.45, 2.75) is 6.92 Å². The van der Waals surface area contributed by atoms with Crippen LogP contribution < -0.4 is 5.73 Å². The number of halogens is 1. The Labute approximate surface area is 77.7 Å². The number of nitrogens with two attached hydrogens (primary N) is 1. The Hall–Kier alpha value is -1.10. The molecule has 5 heteroatoms. The quantitative estimate of drug-likeness (QED) is 0.457. The van der Waals surface area contributed by atoms with E-state index in [0.717, 1.165) is 0 Å². The molecule has 4 nitrogen and oxygen atoms in total. The Balaban J connectivity index is 3.43. The van der Waals surface area contributed by atoms with Crippen LogP contribution in [0.15, 0.2) is 16.6 Å². The second-order valence-electron chi connectivity index (χ2n) is 2.38. The monoisotopic (exact) mass is 230 g/mol. The molecule has 0 aliphatic heterocycles. The Kier molecular flexibility index (Phi) is 2.32. The van der Waals surface area contributed by atoms with Crippen LogP contribution in [0.1, 0.15) is 5.56 Å². The van der Waals surface area contributed by atoms with Crippen LogP contribution in [0.3, 0.4) is 0 Å². The molecule has 0 saturated heterocycles. The molecule has 0 atom stereocenters. The van der Waals surface area contributed by atoms with Crippen molar-refractivity contribution in [1.29, 1.82) is 0 Å². The summed E-state index contributed by atoms with van der Waals surface area (Å²) in [6, 6.07) is 3.34. The van der Waals surface area contributed by atoms with Gasteiger partial charge in [-0.05, 0) is 28.9 Å². The first-order valence-electron chi connectivity index (χ1n) is 3.23. The maximum atomic E-state index is 10.5. The molecule has 0 unspecified atom stereocenters. The molecule has 0 aromatic heterocycles. The average molecular weight is 231 g/mol. The first-order valence-corrected chi connectivity index (χ1v) is 4.02. The molecule has 0 radical (unpaired) electrons. The Morgan fingerprint density at radius 3 is 2.58 bits per heavy atom. The predicted octanol–water partition coefficient (Wildman–Crippen LogP) is 2.25. The summed E-state index contributed by atoms with van der Waals surface area (Å²) in [6.07, 6.45) is 0. The summed E-state index contributed by atoms with van der Waals surface area (Å²) in [6.45, 7) is 1.65. The third kappa shape index (κ3) is 1.40. The van der Waals surface area contributed by atoms with Gasteiger partial charge in [0, 0.05) is 10.0 Å². The lowest BCUT2D eigenvalue weighted by Crippen LogP contribution is -1.98. The van der Waals surface area contributed by atoms with Crippen molar-refractivity contribution in [2.75, 3.05) is 5.73 Å². The maximum Gasteiger partial charge on any atom is 0.296 e. The van der Waals surface area contributed by atoms with Gasteiger partial charge in [-0.1, -0.05) is 6.07 Å². The van der Waals surface area contributed by atoms with Gasteiger partial charge in [0.1, 0.15) is 5.69 Å². The molecular weight excluding hydrogens is 224 g/mol. The van der Waals surface area contributed by atoms with Crippen LogP contribution in [0.25, 0.3) is 0 Å². The second kappa shape index (κ2) is 3.10. The minimum absolute atomic E-state index is 0.0237. The molecule has 0 amide bonds. The number of rotatable bonds is 1. The standard InChI is InChI=1S/C7H7BrN2O2/c1-4-2-3-5(8)6(9)7(4)10(11)12/h2-3H,9H2,1H3. The SMILES string of the molecule is Cc1ccc(Br)c(N)c1[N+](=O)[O-]. The molecule has 0 aliphatic carbocycles. The minimum atomic E-state index is -0.477. The summed E-state index contributed by atoms with van der Waals surface area (Å²) in [5.41, 5.74) is 6.22. The van der Waals surface area contributed by atoms with Crippen LogP contribution in [0.2, 0.25) is 0 Å². The second-order valence-corrected chi connectivity index (χ2v) is 3.24. The van der Waals surface area contributed by atoms with Gasteiger partial charge in [-0.2, -0.15) is 0 Å². The molecule has 64 valence electrons. The first kappa shape index (κ1) is 8.99. The third-order valence-corrected chi connectivity index (χ3v) is 2.24. The van der Waals surface area contributed by atoms with Gasteiger partial charge in [-0.25, -0.2) is 0 Å². The summed E-state index contributed by atoms with van der Waals surface area (Å²) in [5.74, 6) is 0. The van der Waals surface area contributed by atoms with E-state index in [1.807, 2.05) is 0 Å². The molecule has 1 rings (SSSR count). The number of nitrogens with zero attached hydrogens (tertiary/aromatic N) is 1. The summed E-state index contributed by atoms with van der Waals surface area (Å²) in [4.78, 5) is 10.0. The first-order chi connectivity index (χ1) is 5.54. The number of nitro benzene ring substituents is 1. The molecular formula is C7H7BrN2O2. The number of nitrogen functional groups attached to an aromatic ring is 1. The smallest absolute Gasteiger partial charge is 0.296 e. The maximum absolute atomic E-state index is 10.5. The molecule has 0 aliphatic rings. The third-order valence-electron chi connectivity index (χ3n) is 1.55. The number of hydrogen-bond acceptors (Lipinski definition) is 3. The zero-order valence-corrected chi connectivity index (χ0v) is 7.96. The Morgan fingerprint density at radius 2 is 2.17 bits per heavy atom. The van der Waals surface area contributed by atoms with Gasteiger partial charge in [-0.15, -0.1) is 0 Å². The molecule has 0 fully saturated rings. The zero-order valence-electron chi connectivity index (χ0n) is 6.37. The van der Waals surface area contributed by atoms with E-state index in [0.29, 0.717) is 10.0 Å². The van der Waals surface area contributed by atoms with E-state index < -0.39 is 4.92 Å². The van der Waals surface area contributed by atoms with Gasteiger partial charge < -0.3 is 5.73 Å². The van der Waals surface area contributed by atoms with Crippen LogP contribution in [0.4, 0.5) is 11.4 Å². The molecule has 1 aromatic carbocycles. The minimum Gasteiger partial charge on any atom is -0.392 e. The summed E-state index contributed by atoms with van der Waals surface area (Å²) in [7, 11) is 0. The van der Waals surface area contributed by atoms with Gasteiger partial charge in [0.15, 0.2) is 0 Å². The molecule has 0 spiro atoms. The van der Waals surface area contributed by atoms with Crippen molar-refractivity contribution >= 4 is 27.3 Å². The van der Waals surface area contributed by atoms with Crippen molar-refractivity contribution < 1.29 is 4.92 Å². The predicted molar refractivity (Wildman–Crippen MR) is 49.9 cm³/mol. The highest BCUT2D eigenvalue weighted by Gasteiger charge is 2.16. The average Bonchev–Trinajstić information content (AvgIpc) is 1.97. The lowest BCUT2D eigenvalue weighted by molar-refractivity contribution is -0.384. The molecule has 0 heterocycles. The van der Waals surface area contributed by atoms with Gasteiger partial charge in [0.25, 0.3) is 5.69 Å². The van der Waals surface area contributed by atoms with Crippen LogP contribution >= 0.6 is 15.9 Å². The molecule has 1 aromatic rings. The highest BCUT2D eigenvalue weighted by atomic mass is 79.9. The molecule has 2 N–H and O–H groups in total. The van der Waals surface area contributed by atoms with Gasteiger partial charge in [-0.3, -0.25) is 10.1 Å². The largest absolute Gasteiger partial charge is 0.392 e. The Morgan fingerprint density at radius 1 is 1.58 bits per heavy atom. The van der Waals surface area contributed by atoms with E-state index in [4.69, 9.17) is 5.73 Å². The lowest BCUT2D eigenvalue weighted by atomic mass is 10.2. The number of anilines is 1. The van der Waals surface area contributed by atoms with Gasteiger partial charge in [0.05, 0.1) is 4.92 Å². The van der Waals surface area contributed by atoms with E-state index in [-0.39, 0.29) is 11.4 Å². The number of aryl methyl sites for hydroxylation is 1. The highest BCUT2D eigenvalue weighted by Crippen LogP contribution is 2.32. The van der Waals surface area contributed by atoms with Gasteiger partial charge in [0.2, 0.25) is 0 Å². The Bertz CT molecular complexity index is 338. The fraction of sp³-hybridized carbons (Fsp3) is 0.143. The van der Waals surface area contributed by atoms with Crippen LogP contribution in [0.5, 0.6) is 0 Å². The fourth-order valence-electron chi connectivity index (χ4n) is 0.935. The summed E-state index contributed by atoms with van der Waals surface area (Å²) in [5, 5.41) is 10.5.